The summed E-state index contributed by atoms with van der Waals surface area (Å²) in [6.07, 6.45) is 0.848. The third kappa shape index (κ3) is 2.68. The van der Waals surface area contributed by atoms with Gasteiger partial charge in [0.1, 0.15) is 0 Å². The van der Waals surface area contributed by atoms with E-state index in [2.05, 4.69) is 10.6 Å². The number of primary amides is 1. The Morgan fingerprint density at radius 2 is 2.22 bits per heavy atom. The molecule has 18 heavy (non-hydrogen) atoms. The minimum atomic E-state index is -0.493. The number of hydrogen-bond acceptors (Lipinski definition) is 3. The van der Waals surface area contributed by atoms with Crippen LogP contribution < -0.4 is 16.4 Å². The van der Waals surface area contributed by atoms with Crippen molar-refractivity contribution < 1.29 is 9.59 Å². The lowest BCUT2D eigenvalue weighted by atomic mass is 10.1. The average molecular weight is 247 g/mol. The van der Waals surface area contributed by atoms with Gasteiger partial charge in [-0.2, -0.15) is 0 Å². The molecule has 1 heterocycles. The van der Waals surface area contributed by atoms with Crippen LogP contribution in [-0.2, 0) is 4.79 Å². The molecule has 2 rings (SSSR count). The van der Waals surface area contributed by atoms with Gasteiger partial charge in [0.05, 0.1) is 5.92 Å². The first kappa shape index (κ1) is 12.6. The van der Waals surface area contributed by atoms with E-state index >= 15 is 0 Å². The lowest BCUT2D eigenvalue weighted by molar-refractivity contribution is -0.119. The maximum Gasteiger partial charge on any atom is 0.248 e. The molecule has 0 aromatic heterocycles. The predicted octanol–water partition coefficient (Wildman–Crippen LogP) is 0.642. The highest BCUT2D eigenvalue weighted by atomic mass is 16.2. The largest absolute Gasteiger partial charge is 0.366 e. The summed E-state index contributed by atoms with van der Waals surface area (Å²) < 4.78 is 0. The Labute approximate surface area is 106 Å². The summed E-state index contributed by atoms with van der Waals surface area (Å²) in [6.45, 7) is 3.46. The molecule has 0 radical (unpaired) electrons. The van der Waals surface area contributed by atoms with Crippen molar-refractivity contribution in [3.8, 4) is 0 Å². The number of nitrogens with two attached hydrogens (primary N) is 1. The van der Waals surface area contributed by atoms with Crippen LogP contribution in [0.5, 0.6) is 0 Å². The molecule has 96 valence electrons. The Balaban J connectivity index is 2.14. The molecule has 5 nitrogen and oxygen atoms in total. The second-order valence-electron chi connectivity index (χ2n) is 4.57. The van der Waals surface area contributed by atoms with Crippen LogP contribution in [0.1, 0.15) is 22.3 Å². The van der Waals surface area contributed by atoms with Crippen LogP contribution in [0.3, 0.4) is 0 Å². The van der Waals surface area contributed by atoms with E-state index < -0.39 is 5.91 Å². The normalized spacial score (nSPS) is 18.6. The monoisotopic (exact) mass is 247 g/mol. The molecule has 1 aromatic carbocycles. The van der Waals surface area contributed by atoms with Gasteiger partial charge in [0.2, 0.25) is 11.8 Å². The molecule has 0 aliphatic carbocycles. The molecule has 1 aliphatic heterocycles. The van der Waals surface area contributed by atoms with Crippen LogP contribution >= 0.6 is 0 Å². The van der Waals surface area contributed by atoms with Crippen molar-refractivity contribution in [2.75, 3.05) is 18.4 Å². The second-order valence-corrected chi connectivity index (χ2v) is 4.57. The number of nitrogens with one attached hydrogen (secondary N) is 2. The van der Waals surface area contributed by atoms with Crippen molar-refractivity contribution in [2.24, 2.45) is 11.7 Å². The summed E-state index contributed by atoms with van der Waals surface area (Å²) in [4.78, 5) is 23.1. The fourth-order valence-electron chi connectivity index (χ4n) is 2.02. The molecule has 1 aliphatic rings. The van der Waals surface area contributed by atoms with Gasteiger partial charge in [-0.25, -0.2) is 0 Å². The number of anilines is 1. The highest BCUT2D eigenvalue weighted by molar-refractivity contribution is 5.97. The van der Waals surface area contributed by atoms with E-state index in [4.69, 9.17) is 5.73 Å². The third-order valence-corrected chi connectivity index (χ3v) is 3.21. The lowest BCUT2D eigenvalue weighted by Gasteiger charge is -2.12. The smallest absolute Gasteiger partial charge is 0.248 e. The molecule has 1 saturated heterocycles. The van der Waals surface area contributed by atoms with Crippen molar-refractivity contribution in [1.82, 2.24) is 5.32 Å². The van der Waals surface area contributed by atoms with Gasteiger partial charge in [-0.3, -0.25) is 9.59 Å². The van der Waals surface area contributed by atoms with E-state index in [0.717, 1.165) is 18.5 Å². The van der Waals surface area contributed by atoms with E-state index in [-0.39, 0.29) is 11.8 Å². The molecule has 4 N–H and O–H groups in total. The van der Waals surface area contributed by atoms with Crippen LogP contribution in [0, 0.1) is 12.8 Å². The van der Waals surface area contributed by atoms with Gasteiger partial charge in [0.15, 0.2) is 0 Å². The number of carbonyl (C=O) groups is 2. The molecule has 1 atom stereocenters. The number of rotatable bonds is 3. The molecule has 0 saturated carbocycles. The van der Waals surface area contributed by atoms with E-state index in [1.54, 1.807) is 18.2 Å². The van der Waals surface area contributed by atoms with Crippen LogP contribution in [0.25, 0.3) is 0 Å². The van der Waals surface area contributed by atoms with E-state index in [1.807, 2.05) is 6.92 Å². The van der Waals surface area contributed by atoms with E-state index in [9.17, 15) is 9.59 Å². The minimum Gasteiger partial charge on any atom is -0.366 e. The third-order valence-electron chi connectivity index (χ3n) is 3.21. The van der Waals surface area contributed by atoms with Crippen LogP contribution in [0.15, 0.2) is 18.2 Å². The Bertz CT molecular complexity index is 479. The molecule has 1 fully saturated rings. The number of hydrogen-bond donors (Lipinski definition) is 3. The van der Waals surface area contributed by atoms with Crippen molar-refractivity contribution in [1.29, 1.82) is 0 Å². The van der Waals surface area contributed by atoms with Gasteiger partial charge in [-0.15, -0.1) is 0 Å². The second kappa shape index (κ2) is 5.18. The van der Waals surface area contributed by atoms with Crippen molar-refractivity contribution in [3.05, 3.63) is 29.3 Å². The average Bonchev–Trinajstić information content (AvgIpc) is 2.85. The highest BCUT2D eigenvalue weighted by Crippen LogP contribution is 2.19. The SMILES string of the molecule is Cc1ccc(C(N)=O)cc1NC(=O)C1CCNC1. The summed E-state index contributed by atoms with van der Waals surface area (Å²) in [5, 5.41) is 6.01. The molecule has 1 unspecified atom stereocenters. The first-order valence-corrected chi connectivity index (χ1v) is 6.00. The standard InChI is InChI=1S/C13H17N3O2/c1-8-2-3-9(12(14)17)6-11(8)16-13(18)10-4-5-15-7-10/h2-3,6,10,15H,4-5,7H2,1H3,(H2,14,17)(H,16,18). The Kier molecular flexibility index (Phi) is 3.62. The Morgan fingerprint density at radius 3 is 2.83 bits per heavy atom. The topological polar surface area (TPSA) is 84.2 Å². The van der Waals surface area contributed by atoms with Crippen LogP contribution in [0.2, 0.25) is 0 Å². The summed E-state index contributed by atoms with van der Waals surface area (Å²) in [7, 11) is 0. The fourth-order valence-corrected chi connectivity index (χ4v) is 2.02. The van der Waals surface area contributed by atoms with Crippen molar-refractivity contribution in [2.45, 2.75) is 13.3 Å². The maximum atomic E-state index is 12.0. The zero-order valence-corrected chi connectivity index (χ0v) is 10.3. The van der Waals surface area contributed by atoms with Gasteiger partial charge in [-0.1, -0.05) is 6.07 Å². The quantitative estimate of drug-likeness (QED) is 0.733. The summed E-state index contributed by atoms with van der Waals surface area (Å²) in [6, 6.07) is 5.06. The molecule has 0 spiro atoms. The highest BCUT2D eigenvalue weighted by Gasteiger charge is 2.22. The summed E-state index contributed by atoms with van der Waals surface area (Å²) in [5.74, 6) is -0.501. The van der Waals surface area contributed by atoms with Gasteiger partial charge in [-0.05, 0) is 37.6 Å². The number of carbonyl (C=O) groups excluding carboxylic acids is 2. The zero-order chi connectivity index (χ0) is 13.1. The van der Waals surface area contributed by atoms with Crippen LogP contribution in [-0.4, -0.2) is 24.9 Å². The van der Waals surface area contributed by atoms with Gasteiger partial charge in [0, 0.05) is 17.8 Å². The molecule has 0 bridgehead atoms. The summed E-state index contributed by atoms with van der Waals surface area (Å²) >= 11 is 0. The molecule has 1 aromatic rings. The van der Waals surface area contributed by atoms with Gasteiger partial charge in [0.25, 0.3) is 0 Å². The molecule has 2 amide bonds. The molecule has 5 heteroatoms. The Morgan fingerprint density at radius 1 is 1.44 bits per heavy atom. The fraction of sp³-hybridized carbons (Fsp3) is 0.385. The van der Waals surface area contributed by atoms with E-state index in [1.165, 1.54) is 0 Å². The Hall–Kier alpha value is -1.88. The first-order chi connectivity index (χ1) is 8.58. The maximum absolute atomic E-state index is 12.0. The number of amides is 2. The van der Waals surface area contributed by atoms with Gasteiger partial charge >= 0.3 is 0 Å². The number of aryl methyl sites for hydroxylation is 1. The van der Waals surface area contributed by atoms with E-state index in [0.29, 0.717) is 17.8 Å². The number of benzene rings is 1. The van der Waals surface area contributed by atoms with Crippen molar-refractivity contribution in [3.63, 3.8) is 0 Å². The lowest BCUT2D eigenvalue weighted by Crippen LogP contribution is -2.25. The molecular weight excluding hydrogens is 230 g/mol. The minimum absolute atomic E-state index is 0.00151. The predicted molar refractivity (Wildman–Crippen MR) is 69.3 cm³/mol. The van der Waals surface area contributed by atoms with Gasteiger partial charge < -0.3 is 16.4 Å². The van der Waals surface area contributed by atoms with Crippen molar-refractivity contribution >= 4 is 17.5 Å². The first-order valence-electron chi connectivity index (χ1n) is 6.00. The molecular formula is C13H17N3O2. The van der Waals surface area contributed by atoms with Crippen LogP contribution in [0.4, 0.5) is 5.69 Å². The summed E-state index contributed by atoms with van der Waals surface area (Å²) in [5.41, 5.74) is 7.20. The zero-order valence-electron chi connectivity index (χ0n) is 10.3.